The SMILES string of the molecule is CCNC(=NCCc1nccn1Cc1ccccc1)NC1CCN(c2ccccc2OC)C1. The van der Waals surface area contributed by atoms with Gasteiger partial charge in [0.05, 0.1) is 12.8 Å². The van der Waals surface area contributed by atoms with Crippen LogP contribution >= 0.6 is 0 Å². The van der Waals surface area contributed by atoms with Crippen LogP contribution in [0.4, 0.5) is 5.69 Å². The third kappa shape index (κ3) is 6.06. The molecule has 0 amide bonds. The number of methoxy groups -OCH3 is 1. The third-order valence-electron chi connectivity index (χ3n) is 5.90. The largest absolute Gasteiger partial charge is 0.495 e. The van der Waals surface area contributed by atoms with Crippen molar-refractivity contribution in [3.8, 4) is 5.75 Å². The predicted octanol–water partition coefficient (Wildman–Crippen LogP) is 3.32. The lowest BCUT2D eigenvalue weighted by molar-refractivity contribution is 0.415. The molecule has 174 valence electrons. The monoisotopic (exact) mass is 446 g/mol. The van der Waals surface area contributed by atoms with E-state index in [0.717, 1.165) is 62.2 Å². The summed E-state index contributed by atoms with van der Waals surface area (Å²) in [5, 5.41) is 7.01. The highest BCUT2D eigenvalue weighted by atomic mass is 16.5. The number of aliphatic imine (C=N–C) groups is 1. The van der Waals surface area contributed by atoms with Gasteiger partial charge in [0.1, 0.15) is 11.6 Å². The summed E-state index contributed by atoms with van der Waals surface area (Å²) in [6.45, 7) is 6.36. The molecule has 0 aliphatic carbocycles. The normalized spacial score (nSPS) is 16.1. The van der Waals surface area contributed by atoms with Crippen molar-refractivity contribution in [2.24, 2.45) is 4.99 Å². The molecule has 7 nitrogen and oxygen atoms in total. The van der Waals surface area contributed by atoms with Gasteiger partial charge in [-0.3, -0.25) is 4.99 Å². The minimum absolute atomic E-state index is 0.341. The van der Waals surface area contributed by atoms with Crippen molar-refractivity contribution >= 4 is 11.6 Å². The lowest BCUT2D eigenvalue weighted by Gasteiger charge is -2.22. The Labute approximate surface area is 196 Å². The first-order valence-electron chi connectivity index (χ1n) is 11.7. The fourth-order valence-corrected chi connectivity index (χ4v) is 4.26. The molecule has 1 aromatic heterocycles. The Hall–Kier alpha value is -3.48. The number of rotatable bonds is 9. The first-order valence-corrected chi connectivity index (χ1v) is 11.7. The molecule has 0 spiro atoms. The molecule has 1 unspecified atom stereocenters. The number of aromatic nitrogens is 2. The average molecular weight is 447 g/mol. The van der Waals surface area contributed by atoms with Crippen LogP contribution in [0.25, 0.3) is 0 Å². The van der Waals surface area contributed by atoms with Crippen LogP contribution < -0.4 is 20.3 Å². The third-order valence-corrected chi connectivity index (χ3v) is 5.90. The number of para-hydroxylation sites is 2. The lowest BCUT2D eigenvalue weighted by Crippen LogP contribution is -2.44. The van der Waals surface area contributed by atoms with E-state index in [-0.39, 0.29) is 0 Å². The molecular formula is C26H34N6O. The number of hydrogen-bond donors (Lipinski definition) is 2. The minimum atomic E-state index is 0.341. The van der Waals surface area contributed by atoms with E-state index in [9.17, 15) is 0 Å². The van der Waals surface area contributed by atoms with E-state index in [0.29, 0.717) is 12.6 Å². The molecule has 2 aromatic carbocycles. The Bertz CT molecular complexity index is 1030. The first-order chi connectivity index (χ1) is 16.3. The first kappa shape index (κ1) is 22.7. The topological polar surface area (TPSA) is 66.7 Å². The molecule has 2 heterocycles. The van der Waals surface area contributed by atoms with Crippen molar-refractivity contribution in [3.05, 3.63) is 78.4 Å². The van der Waals surface area contributed by atoms with E-state index in [4.69, 9.17) is 9.73 Å². The van der Waals surface area contributed by atoms with Crippen molar-refractivity contribution in [1.82, 2.24) is 20.2 Å². The second-order valence-corrected chi connectivity index (χ2v) is 8.22. The molecule has 0 bridgehead atoms. The number of benzene rings is 2. The zero-order valence-electron chi connectivity index (χ0n) is 19.6. The maximum atomic E-state index is 5.54. The molecule has 0 saturated carbocycles. The van der Waals surface area contributed by atoms with Crippen LogP contribution in [-0.2, 0) is 13.0 Å². The molecule has 1 atom stereocenters. The van der Waals surface area contributed by atoms with Crippen LogP contribution in [0.5, 0.6) is 5.75 Å². The molecule has 1 fully saturated rings. The van der Waals surface area contributed by atoms with Gasteiger partial charge in [-0.05, 0) is 31.0 Å². The van der Waals surface area contributed by atoms with Crippen molar-refractivity contribution < 1.29 is 4.74 Å². The molecule has 1 saturated heterocycles. The van der Waals surface area contributed by atoms with Gasteiger partial charge in [0.25, 0.3) is 0 Å². The standard InChI is InChI=1S/C26H34N6O/c1-3-27-26(30-22-14-17-31(20-22)23-11-7-8-12-24(23)33-2)29-15-13-25-28-16-18-32(25)19-21-9-5-4-6-10-21/h4-12,16,18,22H,3,13-15,17,19-20H2,1-2H3,(H2,27,29,30). The van der Waals surface area contributed by atoms with E-state index in [1.807, 2.05) is 30.6 Å². The van der Waals surface area contributed by atoms with E-state index in [1.165, 1.54) is 5.56 Å². The van der Waals surface area contributed by atoms with Gasteiger partial charge in [-0.2, -0.15) is 0 Å². The molecular weight excluding hydrogens is 412 g/mol. The fraction of sp³-hybridized carbons (Fsp3) is 0.385. The zero-order chi connectivity index (χ0) is 22.9. The number of nitrogens with one attached hydrogen (secondary N) is 2. The molecule has 1 aliphatic rings. The van der Waals surface area contributed by atoms with E-state index in [2.05, 4.69) is 68.4 Å². The summed E-state index contributed by atoms with van der Waals surface area (Å²) in [6, 6.07) is 19.0. The quantitative estimate of drug-likeness (QED) is 0.390. The summed E-state index contributed by atoms with van der Waals surface area (Å²) in [4.78, 5) is 11.8. The summed E-state index contributed by atoms with van der Waals surface area (Å²) >= 11 is 0. The molecule has 4 rings (SSSR count). The molecule has 33 heavy (non-hydrogen) atoms. The van der Waals surface area contributed by atoms with Gasteiger partial charge < -0.3 is 24.8 Å². The van der Waals surface area contributed by atoms with Crippen LogP contribution in [-0.4, -0.2) is 54.8 Å². The molecule has 2 N–H and O–H groups in total. The van der Waals surface area contributed by atoms with Crippen LogP contribution in [0.1, 0.15) is 24.7 Å². The summed E-state index contributed by atoms with van der Waals surface area (Å²) < 4.78 is 7.74. The van der Waals surface area contributed by atoms with Gasteiger partial charge in [0, 0.05) is 57.6 Å². The van der Waals surface area contributed by atoms with Gasteiger partial charge >= 0.3 is 0 Å². The van der Waals surface area contributed by atoms with E-state index >= 15 is 0 Å². The van der Waals surface area contributed by atoms with Gasteiger partial charge in [-0.15, -0.1) is 0 Å². The van der Waals surface area contributed by atoms with Crippen LogP contribution in [0.3, 0.4) is 0 Å². The van der Waals surface area contributed by atoms with Crippen molar-refractivity contribution in [2.45, 2.75) is 32.4 Å². The van der Waals surface area contributed by atoms with E-state index < -0.39 is 0 Å². The number of hydrogen-bond acceptors (Lipinski definition) is 4. The zero-order valence-corrected chi connectivity index (χ0v) is 19.6. The van der Waals surface area contributed by atoms with Crippen LogP contribution in [0.2, 0.25) is 0 Å². The van der Waals surface area contributed by atoms with Gasteiger partial charge in [0.15, 0.2) is 5.96 Å². The predicted molar refractivity (Wildman–Crippen MR) is 134 cm³/mol. The number of guanidine groups is 1. The Balaban J connectivity index is 1.33. The van der Waals surface area contributed by atoms with Crippen LogP contribution in [0, 0.1) is 0 Å². The molecule has 1 aliphatic heterocycles. The van der Waals surface area contributed by atoms with Gasteiger partial charge in [0.2, 0.25) is 0 Å². The maximum Gasteiger partial charge on any atom is 0.191 e. The van der Waals surface area contributed by atoms with Crippen molar-refractivity contribution in [3.63, 3.8) is 0 Å². The van der Waals surface area contributed by atoms with E-state index in [1.54, 1.807) is 7.11 Å². The number of nitrogens with zero attached hydrogens (tertiary/aromatic N) is 4. The Kier molecular flexibility index (Phi) is 7.85. The summed E-state index contributed by atoms with van der Waals surface area (Å²) in [6.07, 6.45) is 5.77. The fourth-order valence-electron chi connectivity index (χ4n) is 4.26. The summed E-state index contributed by atoms with van der Waals surface area (Å²) in [5.74, 6) is 2.84. The second-order valence-electron chi connectivity index (χ2n) is 8.22. The smallest absolute Gasteiger partial charge is 0.191 e. The van der Waals surface area contributed by atoms with Crippen molar-refractivity contribution in [1.29, 1.82) is 0 Å². The highest BCUT2D eigenvalue weighted by molar-refractivity contribution is 5.80. The maximum absolute atomic E-state index is 5.54. The Morgan fingerprint density at radius 3 is 2.79 bits per heavy atom. The van der Waals surface area contributed by atoms with Crippen LogP contribution in [0.15, 0.2) is 72.0 Å². The lowest BCUT2D eigenvalue weighted by atomic mass is 10.2. The highest BCUT2D eigenvalue weighted by Crippen LogP contribution is 2.30. The number of anilines is 1. The van der Waals surface area contributed by atoms with Gasteiger partial charge in [-0.25, -0.2) is 4.98 Å². The Morgan fingerprint density at radius 1 is 1.15 bits per heavy atom. The number of ether oxygens (including phenoxy) is 1. The molecule has 0 radical (unpaired) electrons. The summed E-state index contributed by atoms with van der Waals surface area (Å²) in [5.41, 5.74) is 2.42. The molecule has 7 heteroatoms. The highest BCUT2D eigenvalue weighted by Gasteiger charge is 2.25. The Morgan fingerprint density at radius 2 is 1.97 bits per heavy atom. The number of imidazole rings is 1. The van der Waals surface area contributed by atoms with Crippen molar-refractivity contribution in [2.75, 3.05) is 38.2 Å². The average Bonchev–Trinajstić information content (AvgIpc) is 3.49. The minimum Gasteiger partial charge on any atom is -0.495 e. The van der Waals surface area contributed by atoms with Gasteiger partial charge in [-0.1, -0.05) is 42.5 Å². The second kappa shape index (κ2) is 11.4. The summed E-state index contributed by atoms with van der Waals surface area (Å²) in [7, 11) is 1.73. The molecule has 3 aromatic rings.